The van der Waals surface area contributed by atoms with Gasteiger partial charge in [-0.15, -0.1) is 5.10 Å². The molecule has 0 aromatic carbocycles. The summed E-state index contributed by atoms with van der Waals surface area (Å²) in [6, 6.07) is 4.27. The molecule has 4 heteroatoms. The van der Waals surface area contributed by atoms with Crippen LogP contribution in [0.1, 0.15) is 57.2 Å². The number of hydrogen-bond acceptors (Lipinski definition) is 4. The van der Waals surface area contributed by atoms with Gasteiger partial charge in [-0.05, 0) is 31.4 Å². The van der Waals surface area contributed by atoms with Gasteiger partial charge in [0.15, 0.2) is 0 Å². The molecule has 106 valence electrons. The Balaban J connectivity index is 2.01. The molecule has 1 atom stereocenters. The fraction of sp³-hybridized carbons (Fsp3) is 0.733. The second kappa shape index (κ2) is 7.43. The van der Waals surface area contributed by atoms with Crippen molar-refractivity contribution in [2.24, 2.45) is 5.92 Å². The van der Waals surface area contributed by atoms with E-state index in [0.717, 1.165) is 24.6 Å². The zero-order valence-electron chi connectivity index (χ0n) is 12.1. The highest BCUT2D eigenvalue weighted by molar-refractivity contribution is 5.14. The van der Waals surface area contributed by atoms with Crippen LogP contribution in [0.4, 0.5) is 0 Å². The number of ether oxygens (including phenoxy) is 1. The number of nitrogens with zero attached hydrogens (tertiary/aromatic N) is 2. The fourth-order valence-corrected chi connectivity index (χ4v) is 2.83. The van der Waals surface area contributed by atoms with Gasteiger partial charge in [-0.1, -0.05) is 32.6 Å². The third-order valence-electron chi connectivity index (χ3n) is 3.91. The van der Waals surface area contributed by atoms with Crippen LogP contribution >= 0.6 is 0 Å². The van der Waals surface area contributed by atoms with E-state index in [1.54, 1.807) is 7.11 Å². The molecule has 0 radical (unpaired) electrons. The lowest BCUT2D eigenvalue weighted by atomic mass is 9.96. The molecule has 0 bridgehead atoms. The van der Waals surface area contributed by atoms with Gasteiger partial charge in [0.25, 0.3) is 0 Å². The molecule has 0 saturated heterocycles. The summed E-state index contributed by atoms with van der Waals surface area (Å²) in [5.74, 6) is 1.43. The summed E-state index contributed by atoms with van der Waals surface area (Å²) < 4.78 is 5.07. The van der Waals surface area contributed by atoms with E-state index in [1.807, 2.05) is 12.1 Å². The quantitative estimate of drug-likeness (QED) is 0.821. The van der Waals surface area contributed by atoms with Crippen LogP contribution in [-0.4, -0.2) is 23.9 Å². The number of nitrogens with one attached hydrogen (secondary N) is 1. The minimum Gasteiger partial charge on any atom is -0.480 e. The van der Waals surface area contributed by atoms with Gasteiger partial charge in [0, 0.05) is 6.07 Å². The largest absolute Gasteiger partial charge is 0.480 e. The molecule has 1 aliphatic rings. The van der Waals surface area contributed by atoms with E-state index in [0.29, 0.717) is 11.9 Å². The summed E-state index contributed by atoms with van der Waals surface area (Å²) in [5, 5.41) is 12.0. The van der Waals surface area contributed by atoms with Crippen molar-refractivity contribution in [3.05, 3.63) is 17.8 Å². The molecule has 19 heavy (non-hydrogen) atoms. The van der Waals surface area contributed by atoms with Crippen molar-refractivity contribution in [1.29, 1.82) is 0 Å². The van der Waals surface area contributed by atoms with Crippen molar-refractivity contribution < 1.29 is 4.74 Å². The monoisotopic (exact) mass is 263 g/mol. The molecule has 1 aromatic rings. The summed E-state index contributed by atoms with van der Waals surface area (Å²) in [5.41, 5.74) is 1.04. The van der Waals surface area contributed by atoms with E-state index >= 15 is 0 Å². The molecule has 1 N–H and O–H groups in total. The van der Waals surface area contributed by atoms with Gasteiger partial charge in [0.2, 0.25) is 5.88 Å². The van der Waals surface area contributed by atoms with Crippen LogP contribution in [0.3, 0.4) is 0 Å². The molecule has 0 spiro atoms. The van der Waals surface area contributed by atoms with Gasteiger partial charge < -0.3 is 10.1 Å². The van der Waals surface area contributed by atoms with Gasteiger partial charge in [-0.3, -0.25) is 0 Å². The second-order valence-corrected chi connectivity index (χ2v) is 5.39. The molecule has 1 unspecified atom stereocenters. The van der Waals surface area contributed by atoms with Crippen LogP contribution in [0.2, 0.25) is 0 Å². The van der Waals surface area contributed by atoms with Gasteiger partial charge in [0.05, 0.1) is 18.8 Å². The number of methoxy groups -OCH3 is 1. The molecule has 1 aromatic heterocycles. The zero-order valence-corrected chi connectivity index (χ0v) is 12.1. The summed E-state index contributed by atoms with van der Waals surface area (Å²) >= 11 is 0. The number of rotatable bonds is 7. The van der Waals surface area contributed by atoms with E-state index in [9.17, 15) is 0 Å². The van der Waals surface area contributed by atoms with E-state index < -0.39 is 0 Å². The SMILES string of the molecule is CCCNC(CC1CCCC1)c1ccc(OC)nn1. The molecule has 0 amide bonds. The fourth-order valence-electron chi connectivity index (χ4n) is 2.83. The Bertz CT molecular complexity index is 360. The zero-order chi connectivity index (χ0) is 13.5. The molecule has 1 aliphatic carbocycles. The molecular weight excluding hydrogens is 238 g/mol. The Morgan fingerprint density at radius 2 is 2.11 bits per heavy atom. The van der Waals surface area contributed by atoms with E-state index in [-0.39, 0.29) is 0 Å². The molecule has 0 aliphatic heterocycles. The predicted octanol–water partition coefficient (Wildman–Crippen LogP) is 3.11. The topological polar surface area (TPSA) is 47.0 Å². The Labute approximate surface area is 116 Å². The Kier molecular flexibility index (Phi) is 5.58. The van der Waals surface area contributed by atoms with E-state index in [1.165, 1.54) is 32.1 Å². The first-order chi connectivity index (χ1) is 9.33. The lowest BCUT2D eigenvalue weighted by Crippen LogP contribution is -2.25. The Morgan fingerprint density at radius 1 is 1.32 bits per heavy atom. The molecule has 4 nitrogen and oxygen atoms in total. The van der Waals surface area contributed by atoms with E-state index in [2.05, 4.69) is 22.4 Å². The standard InChI is InChI=1S/C15H25N3O/c1-3-10-16-14(11-12-6-4-5-7-12)13-8-9-15(19-2)18-17-13/h8-9,12,14,16H,3-7,10-11H2,1-2H3. The highest BCUT2D eigenvalue weighted by Gasteiger charge is 2.22. The average molecular weight is 263 g/mol. The second-order valence-electron chi connectivity index (χ2n) is 5.39. The van der Waals surface area contributed by atoms with Gasteiger partial charge in [-0.25, -0.2) is 0 Å². The van der Waals surface area contributed by atoms with Gasteiger partial charge in [-0.2, -0.15) is 5.10 Å². The minimum atomic E-state index is 0.335. The maximum absolute atomic E-state index is 5.07. The predicted molar refractivity (Wildman–Crippen MR) is 76.2 cm³/mol. The molecule has 2 rings (SSSR count). The lowest BCUT2D eigenvalue weighted by Gasteiger charge is -2.21. The van der Waals surface area contributed by atoms with Crippen LogP contribution in [0.15, 0.2) is 12.1 Å². The maximum atomic E-state index is 5.07. The van der Waals surface area contributed by atoms with Crippen LogP contribution in [-0.2, 0) is 0 Å². The van der Waals surface area contributed by atoms with Crippen LogP contribution in [0.25, 0.3) is 0 Å². The molecular formula is C15H25N3O. The average Bonchev–Trinajstić information content (AvgIpc) is 2.96. The minimum absolute atomic E-state index is 0.335. The van der Waals surface area contributed by atoms with Crippen LogP contribution in [0.5, 0.6) is 5.88 Å². The lowest BCUT2D eigenvalue weighted by molar-refractivity contribution is 0.374. The Hall–Kier alpha value is -1.16. The van der Waals surface area contributed by atoms with Gasteiger partial charge >= 0.3 is 0 Å². The first-order valence-electron chi connectivity index (χ1n) is 7.44. The highest BCUT2D eigenvalue weighted by Crippen LogP contribution is 2.32. The first kappa shape index (κ1) is 14.3. The maximum Gasteiger partial charge on any atom is 0.233 e. The van der Waals surface area contributed by atoms with Crippen molar-refractivity contribution in [3.8, 4) is 5.88 Å². The normalized spacial score (nSPS) is 17.6. The third kappa shape index (κ3) is 4.16. The van der Waals surface area contributed by atoms with Crippen molar-refractivity contribution in [2.75, 3.05) is 13.7 Å². The summed E-state index contributed by atoms with van der Waals surface area (Å²) in [6.45, 7) is 3.23. The first-order valence-corrected chi connectivity index (χ1v) is 7.44. The smallest absolute Gasteiger partial charge is 0.233 e. The van der Waals surface area contributed by atoms with Crippen molar-refractivity contribution in [3.63, 3.8) is 0 Å². The highest BCUT2D eigenvalue weighted by atomic mass is 16.5. The summed E-state index contributed by atoms with van der Waals surface area (Å²) in [7, 11) is 1.62. The number of hydrogen-bond donors (Lipinski definition) is 1. The molecule has 1 saturated carbocycles. The van der Waals surface area contributed by atoms with Crippen molar-refractivity contribution in [2.45, 2.75) is 51.5 Å². The summed E-state index contributed by atoms with van der Waals surface area (Å²) in [6.07, 6.45) is 7.84. The molecule has 1 fully saturated rings. The number of aromatic nitrogens is 2. The summed E-state index contributed by atoms with van der Waals surface area (Å²) in [4.78, 5) is 0. The van der Waals surface area contributed by atoms with Crippen LogP contribution in [0, 0.1) is 5.92 Å². The van der Waals surface area contributed by atoms with Crippen LogP contribution < -0.4 is 10.1 Å². The Morgan fingerprint density at radius 3 is 2.68 bits per heavy atom. The van der Waals surface area contributed by atoms with E-state index in [4.69, 9.17) is 4.74 Å². The third-order valence-corrected chi connectivity index (χ3v) is 3.91. The molecule has 1 heterocycles. The van der Waals surface area contributed by atoms with Crippen molar-refractivity contribution in [1.82, 2.24) is 15.5 Å². The van der Waals surface area contributed by atoms with Gasteiger partial charge in [0.1, 0.15) is 0 Å². The van der Waals surface area contributed by atoms with Crippen molar-refractivity contribution >= 4 is 0 Å².